The summed E-state index contributed by atoms with van der Waals surface area (Å²) < 4.78 is 7.04. The van der Waals surface area contributed by atoms with Crippen molar-refractivity contribution in [1.29, 1.82) is 0 Å². The summed E-state index contributed by atoms with van der Waals surface area (Å²) in [6.45, 7) is 1.92. The first-order valence-electron chi connectivity index (χ1n) is 7.55. The second-order valence-electron chi connectivity index (χ2n) is 5.66. The highest BCUT2D eigenvalue weighted by molar-refractivity contribution is 6.06. The van der Waals surface area contributed by atoms with Crippen molar-refractivity contribution in [3.05, 3.63) is 70.0 Å². The Morgan fingerprint density at radius 3 is 2.67 bits per heavy atom. The third-order valence-electron chi connectivity index (χ3n) is 3.94. The van der Waals surface area contributed by atoms with Crippen molar-refractivity contribution in [2.45, 2.75) is 6.92 Å². The number of aromatic nitrogens is 1. The lowest BCUT2D eigenvalue weighted by molar-refractivity contribution is 0.102. The number of nitrogens with one attached hydrogen (secondary N) is 1. The monoisotopic (exact) mass is 322 g/mol. The van der Waals surface area contributed by atoms with Gasteiger partial charge in [-0.3, -0.25) is 9.59 Å². The maximum atomic E-state index is 12.6. The van der Waals surface area contributed by atoms with Gasteiger partial charge in [0.05, 0.1) is 18.3 Å². The number of carbonyl (C=O) groups excluding carboxylic acids is 1. The van der Waals surface area contributed by atoms with Crippen LogP contribution < -0.4 is 15.5 Å². The number of methoxy groups -OCH3 is 1. The minimum absolute atomic E-state index is 0.0970. The molecule has 1 aromatic heterocycles. The van der Waals surface area contributed by atoms with E-state index >= 15 is 0 Å². The standard InChI is InChI=1S/C19H18N2O3/c1-12-8-9-17(24-3)15(10-12)20-19(23)14-11-21(2)16-7-5-4-6-13(16)18(14)22/h4-11H,1-3H3,(H,20,23). The molecule has 1 amide bonds. The molecule has 0 unspecified atom stereocenters. The van der Waals surface area contributed by atoms with Gasteiger partial charge in [0.1, 0.15) is 11.3 Å². The normalized spacial score (nSPS) is 10.6. The van der Waals surface area contributed by atoms with E-state index < -0.39 is 5.91 Å². The number of para-hydroxylation sites is 1. The number of nitrogens with zero attached hydrogens (tertiary/aromatic N) is 1. The van der Waals surface area contributed by atoms with Gasteiger partial charge in [-0.1, -0.05) is 18.2 Å². The summed E-state index contributed by atoms with van der Waals surface area (Å²) >= 11 is 0. The van der Waals surface area contributed by atoms with Crippen LogP contribution in [0.25, 0.3) is 10.9 Å². The molecule has 3 rings (SSSR count). The van der Waals surface area contributed by atoms with Crippen molar-refractivity contribution < 1.29 is 9.53 Å². The van der Waals surface area contributed by atoms with Crippen LogP contribution in [0, 0.1) is 6.92 Å². The van der Waals surface area contributed by atoms with Gasteiger partial charge in [0.25, 0.3) is 5.91 Å². The van der Waals surface area contributed by atoms with E-state index in [-0.39, 0.29) is 11.0 Å². The first-order valence-corrected chi connectivity index (χ1v) is 7.55. The molecular formula is C19H18N2O3. The molecule has 0 atom stereocenters. The maximum Gasteiger partial charge on any atom is 0.261 e. The second kappa shape index (κ2) is 6.20. The van der Waals surface area contributed by atoms with Crippen molar-refractivity contribution in [2.24, 2.45) is 7.05 Å². The molecule has 0 saturated carbocycles. The molecule has 5 nitrogen and oxygen atoms in total. The topological polar surface area (TPSA) is 60.3 Å². The van der Waals surface area contributed by atoms with Crippen LogP contribution >= 0.6 is 0 Å². The molecule has 0 bridgehead atoms. The smallest absolute Gasteiger partial charge is 0.261 e. The van der Waals surface area contributed by atoms with Gasteiger partial charge in [-0.15, -0.1) is 0 Å². The summed E-state index contributed by atoms with van der Waals surface area (Å²) in [5, 5.41) is 3.29. The minimum Gasteiger partial charge on any atom is -0.495 e. The number of aryl methyl sites for hydroxylation is 2. The van der Waals surface area contributed by atoms with E-state index in [9.17, 15) is 9.59 Å². The van der Waals surface area contributed by atoms with Crippen molar-refractivity contribution in [1.82, 2.24) is 4.57 Å². The Hall–Kier alpha value is -3.08. The molecule has 0 aliphatic carbocycles. The number of rotatable bonds is 3. The number of benzene rings is 2. The Morgan fingerprint density at radius 2 is 1.92 bits per heavy atom. The molecule has 0 radical (unpaired) electrons. The highest BCUT2D eigenvalue weighted by Crippen LogP contribution is 2.25. The highest BCUT2D eigenvalue weighted by Gasteiger charge is 2.16. The van der Waals surface area contributed by atoms with E-state index in [0.29, 0.717) is 16.8 Å². The van der Waals surface area contributed by atoms with Crippen LogP contribution in [0.4, 0.5) is 5.69 Å². The molecule has 0 spiro atoms. The van der Waals surface area contributed by atoms with Gasteiger partial charge >= 0.3 is 0 Å². The summed E-state index contributed by atoms with van der Waals surface area (Å²) in [4.78, 5) is 25.3. The summed E-state index contributed by atoms with van der Waals surface area (Å²) in [5.41, 5.74) is 2.12. The molecule has 0 aliphatic heterocycles. The zero-order valence-electron chi connectivity index (χ0n) is 13.8. The van der Waals surface area contributed by atoms with Crippen LogP contribution in [0.2, 0.25) is 0 Å². The lowest BCUT2D eigenvalue weighted by Crippen LogP contribution is -2.23. The number of hydrogen-bond acceptors (Lipinski definition) is 3. The van der Waals surface area contributed by atoms with Gasteiger partial charge in [-0.25, -0.2) is 0 Å². The highest BCUT2D eigenvalue weighted by atomic mass is 16.5. The molecule has 2 aromatic carbocycles. The molecule has 3 aromatic rings. The molecular weight excluding hydrogens is 304 g/mol. The van der Waals surface area contributed by atoms with Crippen LogP contribution in [0.3, 0.4) is 0 Å². The molecule has 0 aliphatic rings. The lowest BCUT2D eigenvalue weighted by atomic mass is 10.1. The minimum atomic E-state index is -0.453. The second-order valence-corrected chi connectivity index (χ2v) is 5.66. The Bertz CT molecular complexity index is 990. The molecule has 1 heterocycles. The number of carbonyl (C=O) groups is 1. The van der Waals surface area contributed by atoms with E-state index in [0.717, 1.165) is 11.1 Å². The van der Waals surface area contributed by atoms with Gasteiger partial charge in [0, 0.05) is 18.6 Å². The van der Waals surface area contributed by atoms with Gasteiger partial charge in [-0.05, 0) is 36.8 Å². The molecule has 1 N–H and O–H groups in total. The molecule has 0 saturated heterocycles. The van der Waals surface area contributed by atoms with Crippen molar-refractivity contribution >= 4 is 22.5 Å². The first-order chi connectivity index (χ1) is 11.5. The third kappa shape index (κ3) is 2.76. The number of amides is 1. The van der Waals surface area contributed by atoms with Crippen LogP contribution in [-0.2, 0) is 7.05 Å². The summed E-state index contributed by atoms with van der Waals surface area (Å²) in [7, 11) is 3.35. The van der Waals surface area contributed by atoms with E-state index in [4.69, 9.17) is 4.74 Å². The summed E-state index contributed by atoms with van der Waals surface area (Å²) in [5.74, 6) is 0.0943. The summed E-state index contributed by atoms with van der Waals surface area (Å²) in [6.07, 6.45) is 1.56. The zero-order valence-corrected chi connectivity index (χ0v) is 13.8. The van der Waals surface area contributed by atoms with Gasteiger partial charge in [0.2, 0.25) is 5.43 Å². The van der Waals surface area contributed by atoms with E-state index in [2.05, 4.69) is 5.32 Å². The Morgan fingerprint density at radius 1 is 1.17 bits per heavy atom. The van der Waals surface area contributed by atoms with Crippen molar-refractivity contribution in [2.75, 3.05) is 12.4 Å². The van der Waals surface area contributed by atoms with Crippen LogP contribution in [0.15, 0.2) is 53.5 Å². The molecule has 122 valence electrons. The predicted molar refractivity (Wildman–Crippen MR) is 94.9 cm³/mol. The molecule has 24 heavy (non-hydrogen) atoms. The number of pyridine rings is 1. The van der Waals surface area contributed by atoms with Gasteiger partial charge < -0.3 is 14.6 Å². The first kappa shape index (κ1) is 15.8. The van der Waals surface area contributed by atoms with Crippen LogP contribution in [0.5, 0.6) is 5.75 Å². The summed E-state index contributed by atoms with van der Waals surface area (Å²) in [6, 6.07) is 12.7. The quantitative estimate of drug-likeness (QED) is 0.806. The fourth-order valence-corrected chi connectivity index (χ4v) is 2.71. The SMILES string of the molecule is COc1ccc(C)cc1NC(=O)c1cn(C)c2ccccc2c1=O. The van der Waals surface area contributed by atoms with Gasteiger partial charge in [0.15, 0.2) is 0 Å². The Kier molecular flexibility index (Phi) is 4.08. The van der Waals surface area contributed by atoms with Crippen molar-refractivity contribution in [3.8, 4) is 5.75 Å². The maximum absolute atomic E-state index is 12.6. The largest absolute Gasteiger partial charge is 0.495 e. The van der Waals surface area contributed by atoms with Gasteiger partial charge in [-0.2, -0.15) is 0 Å². The fraction of sp³-hybridized carbons (Fsp3) is 0.158. The lowest BCUT2D eigenvalue weighted by Gasteiger charge is -2.12. The van der Waals surface area contributed by atoms with Crippen LogP contribution in [-0.4, -0.2) is 17.6 Å². The number of anilines is 1. The molecule has 0 fully saturated rings. The fourth-order valence-electron chi connectivity index (χ4n) is 2.71. The van der Waals surface area contributed by atoms with E-state index in [1.165, 1.54) is 7.11 Å². The van der Waals surface area contributed by atoms with Crippen molar-refractivity contribution in [3.63, 3.8) is 0 Å². The number of ether oxygens (including phenoxy) is 1. The Labute approximate surface area is 139 Å². The average molecular weight is 322 g/mol. The third-order valence-corrected chi connectivity index (χ3v) is 3.94. The number of fused-ring (bicyclic) bond motifs is 1. The Balaban J connectivity index is 2.06. The zero-order chi connectivity index (χ0) is 17.3. The predicted octanol–water partition coefficient (Wildman–Crippen LogP) is 3.11. The number of hydrogen-bond donors (Lipinski definition) is 1. The van der Waals surface area contributed by atoms with E-state index in [1.807, 2.05) is 38.2 Å². The van der Waals surface area contributed by atoms with E-state index in [1.54, 1.807) is 29.0 Å². The molecule has 5 heteroatoms. The average Bonchev–Trinajstić information content (AvgIpc) is 2.58. The van der Waals surface area contributed by atoms with Crippen LogP contribution in [0.1, 0.15) is 15.9 Å².